The molecular weight excluding hydrogens is 234 g/mol. The van der Waals surface area contributed by atoms with Gasteiger partial charge in [-0.05, 0) is 24.8 Å². The first kappa shape index (κ1) is 14.2. The minimum Gasteiger partial charge on any atom is -0.481 e. The van der Waals surface area contributed by atoms with Crippen molar-refractivity contribution in [2.45, 2.75) is 32.6 Å². The van der Waals surface area contributed by atoms with Crippen molar-refractivity contribution >= 4 is 11.9 Å². The summed E-state index contributed by atoms with van der Waals surface area (Å²) in [7, 11) is 0. The van der Waals surface area contributed by atoms with Gasteiger partial charge in [-0.25, -0.2) is 0 Å². The minimum absolute atomic E-state index is 0.0512. The Morgan fingerprint density at radius 2 is 2.28 bits per heavy atom. The molecule has 0 bridgehead atoms. The van der Waals surface area contributed by atoms with Crippen LogP contribution in [0.15, 0.2) is 12.3 Å². The van der Waals surface area contributed by atoms with E-state index in [-0.39, 0.29) is 12.3 Å². The van der Waals surface area contributed by atoms with Crippen LogP contribution < -0.4 is 5.32 Å². The van der Waals surface area contributed by atoms with E-state index in [1.54, 1.807) is 12.3 Å². The van der Waals surface area contributed by atoms with Gasteiger partial charge in [-0.1, -0.05) is 6.92 Å². The largest absolute Gasteiger partial charge is 0.481 e. The van der Waals surface area contributed by atoms with Gasteiger partial charge in [0.1, 0.15) is 0 Å². The molecule has 3 N–H and O–H groups in total. The van der Waals surface area contributed by atoms with E-state index >= 15 is 0 Å². The lowest BCUT2D eigenvalue weighted by molar-refractivity contribution is -0.137. The average molecular weight is 253 g/mol. The maximum Gasteiger partial charge on any atom is 0.303 e. The first-order valence-electron chi connectivity index (χ1n) is 6.04. The number of rotatable bonds is 8. The molecule has 18 heavy (non-hydrogen) atoms. The van der Waals surface area contributed by atoms with Crippen molar-refractivity contribution in [2.75, 3.05) is 6.54 Å². The Morgan fingerprint density at radius 1 is 1.50 bits per heavy atom. The maximum absolute atomic E-state index is 11.5. The molecule has 1 aromatic heterocycles. The first-order valence-corrected chi connectivity index (χ1v) is 6.04. The van der Waals surface area contributed by atoms with Gasteiger partial charge < -0.3 is 10.4 Å². The van der Waals surface area contributed by atoms with Crippen LogP contribution in [0.3, 0.4) is 0 Å². The number of aromatic amines is 1. The zero-order valence-corrected chi connectivity index (χ0v) is 10.5. The number of carboxylic acid groups (broad SMARTS) is 1. The van der Waals surface area contributed by atoms with Gasteiger partial charge in [0.05, 0.1) is 6.42 Å². The first-order chi connectivity index (χ1) is 8.58. The molecule has 1 unspecified atom stereocenters. The Bertz CT molecular complexity index is 376. The SMILES string of the molecule is CC(CCNC(=O)Cc1ccn[nH]1)CCC(=O)O. The Labute approximate surface area is 106 Å². The van der Waals surface area contributed by atoms with Crippen molar-refractivity contribution < 1.29 is 14.7 Å². The van der Waals surface area contributed by atoms with Crippen LogP contribution >= 0.6 is 0 Å². The molecule has 1 amide bonds. The van der Waals surface area contributed by atoms with E-state index in [0.717, 1.165) is 12.1 Å². The van der Waals surface area contributed by atoms with E-state index in [1.165, 1.54) is 0 Å². The summed E-state index contributed by atoms with van der Waals surface area (Å²) in [6.45, 7) is 2.57. The molecule has 1 rings (SSSR count). The molecule has 1 atom stereocenters. The Balaban J connectivity index is 2.09. The van der Waals surface area contributed by atoms with E-state index in [1.807, 2.05) is 6.92 Å². The minimum atomic E-state index is -0.773. The second kappa shape index (κ2) is 7.47. The molecule has 0 aliphatic rings. The van der Waals surface area contributed by atoms with Gasteiger partial charge in [0, 0.05) is 24.9 Å². The van der Waals surface area contributed by atoms with Crippen molar-refractivity contribution in [1.29, 1.82) is 0 Å². The predicted molar refractivity (Wildman–Crippen MR) is 66.0 cm³/mol. The molecule has 1 heterocycles. The zero-order valence-electron chi connectivity index (χ0n) is 10.5. The highest BCUT2D eigenvalue weighted by Gasteiger charge is 2.07. The van der Waals surface area contributed by atoms with Crippen LogP contribution in [0.2, 0.25) is 0 Å². The molecule has 0 radical (unpaired) electrons. The van der Waals surface area contributed by atoms with Gasteiger partial charge >= 0.3 is 5.97 Å². The number of carbonyl (C=O) groups excluding carboxylic acids is 1. The highest BCUT2D eigenvalue weighted by Crippen LogP contribution is 2.09. The molecule has 0 saturated heterocycles. The van der Waals surface area contributed by atoms with Crippen molar-refractivity contribution in [2.24, 2.45) is 5.92 Å². The fraction of sp³-hybridized carbons (Fsp3) is 0.583. The smallest absolute Gasteiger partial charge is 0.303 e. The molecule has 100 valence electrons. The monoisotopic (exact) mass is 253 g/mol. The normalized spacial score (nSPS) is 12.1. The molecule has 6 heteroatoms. The summed E-state index contributed by atoms with van der Waals surface area (Å²) in [6, 6.07) is 1.76. The second-order valence-electron chi connectivity index (χ2n) is 4.43. The number of hydrogen-bond donors (Lipinski definition) is 3. The summed E-state index contributed by atoms with van der Waals surface area (Å²) in [5.41, 5.74) is 0.784. The van der Waals surface area contributed by atoms with E-state index < -0.39 is 5.97 Å². The van der Waals surface area contributed by atoms with Crippen molar-refractivity contribution in [3.05, 3.63) is 18.0 Å². The molecule has 0 fully saturated rings. The third-order valence-electron chi connectivity index (χ3n) is 2.72. The van der Waals surface area contributed by atoms with Crippen molar-refractivity contribution in [3.63, 3.8) is 0 Å². The van der Waals surface area contributed by atoms with Gasteiger partial charge in [-0.15, -0.1) is 0 Å². The van der Waals surface area contributed by atoms with Crippen LogP contribution in [0.1, 0.15) is 31.9 Å². The van der Waals surface area contributed by atoms with Gasteiger partial charge in [0.25, 0.3) is 0 Å². The van der Waals surface area contributed by atoms with Crippen LogP contribution in [-0.2, 0) is 16.0 Å². The van der Waals surface area contributed by atoms with Crippen LogP contribution in [0.5, 0.6) is 0 Å². The molecule has 0 spiro atoms. The van der Waals surface area contributed by atoms with Crippen LogP contribution in [0.4, 0.5) is 0 Å². The Hall–Kier alpha value is -1.85. The number of carboxylic acids is 1. The Kier molecular flexibility index (Phi) is 5.90. The summed E-state index contributed by atoms with van der Waals surface area (Å²) < 4.78 is 0. The van der Waals surface area contributed by atoms with Gasteiger partial charge in [-0.2, -0.15) is 5.10 Å². The predicted octanol–water partition coefficient (Wildman–Crippen LogP) is 0.959. The fourth-order valence-corrected chi connectivity index (χ4v) is 1.59. The van der Waals surface area contributed by atoms with E-state index in [0.29, 0.717) is 25.3 Å². The lowest BCUT2D eigenvalue weighted by Gasteiger charge is -2.10. The number of aromatic nitrogens is 2. The second-order valence-corrected chi connectivity index (χ2v) is 4.43. The average Bonchev–Trinajstić information content (AvgIpc) is 2.79. The molecule has 0 aliphatic carbocycles. The third-order valence-corrected chi connectivity index (χ3v) is 2.72. The maximum atomic E-state index is 11.5. The number of nitrogens with zero attached hydrogens (tertiary/aromatic N) is 1. The van der Waals surface area contributed by atoms with E-state index in [2.05, 4.69) is 15.5 Å². The van der Waals surface area contributed by atoms with Crippen LogP contribution in [-0.4, -0.2) is 33.7 Å². The number of H-pyrrole nitrogens is 1. The summed E-state index contributed by atoms with van der Waals surface area (Å²) in [5, 5.41) is 17.8. The zero-order chi connectivity index (χ0) is 13.4. The van der Waals surface area contributed by atoms with Crippen LogP contribution in [0, 0.1) is 5.92 Å². The van der Waals surface area contributed by atoms with Crippen molar-refractivity contribution in [1.82, 2.24) is 15.5 Å². The molecule has 0 saturated carbocycles. The van der Waals surface area contributed by atoms with E-state index in [4.69, 9.17) is 5.11 Å². The van der Waals surface area contributed by atoms with Gasteiger partial charge in [-0.3, -0.25) is 14.7 Å². The molecule has 1 aromatic rings. The summed E-state index contributed by atoms with van der Waals surface area (Å²) >= 11 is 0. The molecular formula is C12H19N3O3. The number of amides is 1. The Morgan fingerprint density at radius 3 is 2.89 bits per heavy atom. The molecule has 6 nitrogen and oxygen atoms in total. The lowest BCUT2D eigenvalue weighted by atomic mass is 10.0. The number of nitrogens with one attached hydrogen (secondary N) is 2. The standard InChI is InChI=1S/C12H19N3O3/c1-9(2-3-12(17)18)4-6-13-11(16)8-10-5-7-14-15-10/h5,7,9H,2-4,6,8H2,1H3,(H,13,16)(H,14,15)(H,17,18). The van der Waals surface area contributed by atoms with Gasteiger partial charge in [0.2, 0.25) is 5.91 Å². The van der Waals surface area contributed by atoms with Crippen LogP contribution in [0.25, 0.3) is 0 Å². The number of carbonyl (C=O) groups is 2. The van der Waals surface area contributed by atoms with Crippen molar-refractivity contribution in [3.8, 4) is 0 Å². The topological polar surface area (TPSA) is 95.1 Å². The van der Waals surface area contributed by atoms with Gasteiger partial charge in [0.15, 0.2) is 0 Å². The van der Waals surface area contributed by atoms with E-state index in [9.17, 15) is 9.59 Å². The lowest BCUT2D eigenvalue weighted by Crippen LogP contribution is -2.27. The number of aliphatic carboxylic acids is 1. The fourth-order valence-electron chi connectivity index (χ4n) is 1.59. The quantitative estimate of drug-likeness (QED) is 0.643. The molecule has 0 aliphatic heterocycles. The summed E-state index contributed by atoms with van der Waals surface area (Å²) in [4.78, 5) is 21.9. The summed E-state index contributed by atoms with van der Waals surface area (Å²) in [5.74, 6) is -0.525. The highest BCUT2D eigenvalue weighted by molar-refractivity contribution is 5.77. The number of hydrogen-bond acceptors (Lipinski definition) is 3. The highest BCUT2D eigenvalue weighted by atomic mass is 16.4. The third kappa shape index (κ3) is 6.03. The molecule has 0 aromatic carbocycles. The summed E-state index contributed by atoms with van der Waals surface area (Å²) in [6.07, 6.45) is 3.52.